The molecule has 1 amide bonds. The Kier molecular flexibility index (Phi) is 11.3. The highest BCUT2D eigenvalue weighted by molar-refractivity contribution is 6.02. The Hall–Kier alpha value is -4.05. The van der Waals surface area contributed by atoms with E-state index in [9.17, 15) is 14.4 Å². The van der Waals surface area contributed by atoms with Crippen molar-refractivity contribution in [2.75, 3.05) is 18.9 Å². The van der Waals surface area contributed by atoms with Crippen molar-refractivity contribution in [1.29, 1.82) is 5.41 Å². The molecule has 10 heteroatoms. The zero-order valence-electron chi connectivity index (χ0n) is 23.5. The maximum atomic E-state index is 13.2. The standard InChI is InChI=1S/C21H20N4O3.C6H13NO2.C2H6/c1-11(2)17-15(9-28-10-26)21(27)25-8-14-13(7-22)12-5-3-4-6-16(12)24-19(14)20(25)18(17)23;1-5(2)6(9)7-3-4-8;1-2/h3-7,10-11,22H,8-9,23H2,1-2H3;5,8H,3-4H2,1-2H3,(H,7,9);1-2H3. The summed E-state index contributed by atoms with van der Waals surface area (Å²) in [5.41, 5.74) is 11.3. The molecule has 0 aliphatic carbocycles. The molecule has 4 rings (SSSR count). The number of para-hydroxylation sites is 1. The molecule has 2 aromatic heterocycles. The van der Waals surface area contributed by atoms with Gasteiger partial charge in [0.15, 0.2) is 0 Å². The lowest BCUT2D eigenvalue weighted by atomic mass is 9.94. The summed E-state index contributed by atoms with van der Waals surface area (Å²) in [4.78, 5) is 39.4. The van der Waals surface area contributed by atoms with Gasteiger partial charge in [0.2, 0.25) is 5.91 Å². The van der Waals surface area contributed by atoms with E-state index in [1.54, 1.807) is 4.57 Å². The van der Waals surface area contributed by atoms with E-state index in [4.69, 9.17) is 26.0 Å². The van der Waals surface area contributed by atoms with Gasteiger partial charge in [0.25, 0.3) is 12.0 Å². The average molecular weight is 538 g/mol. The summed E-state index contributed by atoms with van der Waals surface area (Å²) in [5.74, 6) is -0.0313. The first-order chi connectivity index (χ1) is 18.7. The van der Waals surface area contributed by atoms with Crippen LogP contribution in [0, 0.1) is 11.3 Å². The van der Waals surface area contributed by atoms with Crippen LogP contribution in [-0.4, -0.2) is 46.4 Å². The van der Waals surface area contributed by atoms with Gasteiger partial charge in [-0.3, -0.25) is 14.4 Å². The van der Waals surface area contributed by atoms with Crippen LogP contribution in [-0.2, 0) is 27.5 Å². The molecule has 0 radical (unpaired) electrons. The number of aliphatic hydroxyl groups is 1. The number of aliphatic hydroxyl groups excluding tert-OH is 1. The third-order valence-corrected chi connectivity index (χ3v) is 6.17. The molecule has 0 saturated heterocycles. The number of carbonyl (C=O) groups excluding carboxylic acids is 2. The summed E-state index contributed by atoms with van der Waals surface area (Å²) in [6.45, 7) is 12.4. The van der Waals surface area contributed by atoms with E-state index in [1.807, 2.05) is 65.8 Å². The third kappa shape index (κ3) is 6.51. The number of benzene rings is 1. The SMILES string of the molecule is CC.CC(C)C(=O)NCCO.CC(C)c1c(N)c2n(c(=O)c1COC=O)Cc1c-2nc2ccccc2c1C=N. The summed E-state index contributed by atoms with van der Waals surface area (Å²) < 4.78 is 6.47. The lowest BCUT2D eigenvalue weighted by Crippen LogP contribution is -2.29. The average Bonchev–Trinajstić information content (AvgIpc) is 3.32. The summed E-state index contributed by atoms with van der Waals surface area (Å²) in [5, 5.41) is 19.6. The van der Waals surface area contributed by atoms with Crippen LogP contribution in [0.5, 0.6) is 0 Å². The minimum absolute atomic E-state index is 0.0101. The van der Waals surface area contributed by atoms with Crippen LogP contribution >= 0.6 is 0 Å². The van der Waals surface area contributed by atoms with Gasteiger partial charge < -0.3 is 30.9 Å². The lowest BCUT2D eigenvalue weighted by Gasteiger charge is -2.19. The van der Waals surface area contributed by atoms with E-state index in [2.05, 4.69) is 5.32 Å². The number of nitrogens with two attached hydrogens (primary N) is 1. The van der Waals surface area contributed by atoms with Gasteiger partial charge in [0.1, 0.15) is 6.61 Å². The van der Waals surface area contributed by atoms with E-state index in [0.717, 1.165) is 22.0 Å². The van der Waals surface area contributed by atoms with Crippen LogP contribution in [0.25, 0.3) is 22.3 Å². The molecular formula is C29H39N5O5. The van der Waals surface area contributed by atoms with Crippen molar-refractivity contribution < 1.29 is 19.4 Å². The number of pyridine rings is 2. The number of hydrogen-bond acceptors (Lipinski definition) is 8. The second kappa shape index (κ2) is 14.2. The molecule has 0 spiro atoms. The Bertz CT molecular complexity index is 1400. The fourth-order valence-electron chi connectivity index (χ4n) is 4.48. The molecule has 0 unspecified atom stereocenters. The molecule has 210 valence electrons. The summed E-state index contributed by atoms with van der Waals surface area (Å²) in [7, 11) is 0. The monoisotopic (exact) mass is 537 g/mol. The first-order valence-electron chi connectivity index (χ1n) is 13.1. The van der Waals surface area contributed by atoms with Crippen LogP contribution in [0.3, 0.4) is 0 Å². The van der Waals surface area contributed by atoms with Crippen molar-refractivity contribution in [2.24, 2.45) is 5.92 Å². The molecule has 5 N–H and O–H groups in total. The van der Waals surface area contributed by atoms with Crippen LogP contribution in [0.2, 0.25) is 0 Å². The minimum Gasteiger partial charge on any atom is -0.463 e. The van der Waals surface area contributed by atoms with Gasteiger partial charge in [-0.25, -0.2) is 4.98 Å². The number of anilines is 1. The normalized spacial score (nSPS) is 11.1. The Morgan fingerprint density at radius 2 is 1.92 bits per heavy atom. The van der Waals surface area contributed by atoms with Crippen molar-refractivity contribution in [2.45, 2.75) is 60.6 Å². The molecule has 39 heavy (non-hydrogen) atoms. The van der Waals surface area contributed by atoms with E-state index < -0.39 is 0 Å². The number of nitrogens with one attached hydrogen (secondary N) is 2. The van der Waals surface area contributed by atoms with Gasteiger partial charge in [0, 0.05) is 35.2 Å². The van der Waals surface area contributed by atoms with Crippen LogP contribution in [0.15, 0.2) is 29.1 Å². The highest BCUT2D eigenvalue weighted by Crippen LogP contribution is 2.40. The largest absolute Gasteiger partial charge is 0.463 e. The number of rotatable bonds is 8. The molecule has 1 aromatic carbocycles. The first-order valence-corrected chi connectivity index (χ1v) is 13.1. The summed E-state index contributed by atoms with van der Waals surface area (Å²) >= 11 is 0. The van der Waals surface area contributed by atoms with Crippen molar-refractivity contribution in [3.8, 4) is 11.4 Å². The quantitative estimate of drug-likeness (QED) is 0.197. The number of nitrogen functional groups attached to an aromatic ring is 1. The number of nitrogens with zero attached hydrogens (tertiary/aromatic N) is 2. The number of carbonyl (C=O) groups is 2. The Labute approximate surface area is 228 Å². The molecule has 3 heterocycles. The van der Waals surface area contributed by atoms with Gasteiger partial charge in [0.05, 0.1) is 41.3 Å². The highest BCUT2D eigenvalue weighted by atomic mass is 16.5. The van der Waals surface area contributed by atoms with Crippen molar-refractivity contribution >= 4 is 35.2 Å². The van der Waals surface area contributed by atoms with Gasteiger partial charge in [-0.15, -0.1) is 0 Å². The van der Waals surface area contributed by atoms with Gasteiger partial charge >= 0.3 is 0 Å². The maximum Gasteiger partial charge on any atom is 0.293 e. The van der Waals surface area contributed by atoms with E-state index >= 15 is 0 Å². The molecule has 0 fully saturated rings. The van der Waals surface area contributed by atoms with Crippen LogP contribution in [0.4, 0.5) is 5.69 Å². The van der Waals surface area contributed by atoms with Crippen molar-refractivity contribution in [1.82, 2.24) is 14.9 Å². The molecular weight excluding hydrogens is 498 g/mol. The number of ether oxygens (including phenoxy) is 1. The van der Waals surface area contributed by atoms with Crippen LogP contribution < -0.4 is 16.6 Å². The smallest absolute Gasteiger partial charge is 0.293 e. The van der Waals surface area contributed by atoms with E-state index in [-0.39, 0.29) is 43.1 Å². The van der Waals surface area contributed by atoms with Crippen LogP contribution in [0.1, 0.15) is 69.7 Å². The molecule has 1 aliphatic rings. The Balaban J connectivity index is 0.000000415. The van der Waals surface area contributed by atoms with Gasteiger partial charge in [-0.1, -0.05) is 59.7 Å². The minimum atomic E-state index is -0.243. The molecule has 1 aliphatic heterocycles. The zero-order valence-corrected chi connectivity index (χ0v) is 23.5. The Morgan fingerprint density at radius 3 is 2.49 bits per heavy atom. The fraction of sp³-hybridized carbons (Fsp3) is 0.414. The Morgan fingerprint density at radius 1 is 1.26 bits per heavy atom. The first kappa shape index (κ1) is 31.2. The fourth-order valence-corrected chi connectivity index (χ4v) is 4.48. The molecule has 3 aromatic rings. The highest BCUT2D eigenvalue weighted by Gasteiger charge is 2.31. The van der Waals surface area contributed by atoms with Crippen molar-refractivity contribution in [3.63, 3.8) is 0 Å². The third-order valence-electron chi connectivity index (χ3n) is 6.17. The molecule has 0 atom stereocenters. The van der Waals surface area contributed by atoms with Gasteiger partial charge in [-0.2, -0.15) is 0 Å². The number of amides is 1. The van der Waals surface area contributed by atoms with Crippen molar-refractivity contribution in [3.05, 3.63) is 56.9 Å². The molecule has 10 nitrogen and oxygen atoms in total. The molecule has 0 bridgehead atoms. The second-order valence-electron chi connectivity index (χ2n) is 9.29. The lowest BCUT2D eigenvalue weighted by molar-refractivity contribution is -0.130. The topological polar surface area (TPSA) is 160 Å². The number of hydrogen-bond donors (Lipinski definition) is 4. The maximum absolute atomic E-state index is 13.2. The van der Waals surface area contributed by atoms with E-state index in [1.165, 1.54) is 6.21 Å². The predicted molar refractivity (Wildman–Crippen MR) is 154 cm³/mol. The molecule has 0 saturated carbocycles. The summed E-state index contributed by atoms with van der Waals surface area (Å²) in [6.07, 6.45) is 1.30. The summed E-state index contributed by atoms with van der Waals surface area (Å²) in [6, 6.07) is 7.59. The number of fused-ring (bicyclic) bond motifs is 4. The zero-order chi connectivity index (χ0) is 29.3. The van der Waals surface area contributed by atoms with E-state index in [0.29, 0.717) is 41.2 Å². The van der Waals surface area contributed by atoms with Gasteiger partial charge in [-0.05, 0) is 17.5 Å². The second-order valence-corrected chi connectivity index (χ2v) is 9.29. The number of aromatic nitrogens is 2. The predicted octanol–water partition coefficient (Wildman–Crippen LogP) is 3.58.